The van der Waals surface area contributed by atoms with E-state index in [0.717, 1.165) is 0 Å². The summed E-state index contributed by atoms with van der Waals surface area (Å²) in [7, 11) is -9.75. The first kappa shape index (κ1) is 37.6. The van der Waals surface area contributed by atoms with Crippen molar-refractivity contribution in [3.8, 4) is 0 Å². The molecule has 0 saturated carbocycles. The Hall–Kier alpha value is -1.41. The molecule has 0 aromatic rings. The lowest BCUT2D eigenvalue weighted by atomic mass is 9.80. The maximum absolute atomic E-state index is 12.9. The summed E-state index contributed by atoms with van der Waals surface area (Å²) in [6.07, 6.45) is 0.526. The summed E-state index contributed by atoms with van der Waals surface area (Å²) >= 11 is 0. The highest BCUT2D eigenvalue weighted by molar-refractivity contribution is 7.46. The largest absolute Gasteiger partial charge is 0.469 e. The van der Waals surface area contributed by atoms with Crippen LogP contribution in [0.15, 0.2) is 0 Å². The molecule has 0 fully saturated rings. The van der Waals surface area contributed by atoms with Crippen molar-refractivity contribution < 1.29 is 61.6 Å². The van der Waals surface area contributed by atoms with Crippen LogP contribution in [0.2, 0.25) is 0 Å². The minimum absolute atomic E-state index is 0.186. The van der Waals surface area contributed by atoms with Gasteiger partial charge in [-0.2, -0.15) is 0 Å². The first-order valence-electron chi connectivity index (χ1n) is 12.4. The highest BCUT2D eigenvalue weighted by atomic mass is 31.2. The molecule has 0 aliphatic rings. The van der Waals surface area contributed by atoms with E-state index < -0.39 is 75.7 Å². The Balaban J connectivity index is 5.45. The molecule has 0 aromatic heterocycles. The third-order valence-corrected chi connectivity index (χ3v) is 6.29. The second-order valence-corrected chi connectivity index (χ2v) is 13.3. The molecule has 0 spiro atoms. The molecule has 1 amide bonds. The van der Waals surface area contributed by atoms with Crippen LogP contribution in [-0.4, -0.2) is 81.0 Å². The van der Waals surface area contributed by atoms with Gasteiger partial charge in [0.1, 0.15) is 11.6 Å². The van der Waals surface area contributed by atoms with E-state index >= 15 is 0 Å². The van der Waals surface area contributed by atoms with Crippen LogP contribution in [0.1, 0.15) is 68.2 Å². The average molecular weight is 607 g/mol. The molecular formula is C22H44N2O13P2. The van der Waals surface area contributed by atoms with Gasteiger partial charge in [0.15, 0.2) is 6.04 Å². The van der Waals surface area contributed by atoms with Crippen molar-refractivity contribution in [1.82, 2.24) is 10.6 Å². The van der Waals surface area contributed by atoms with Gasteiger partial charge >= 0.3 is 27.6 Å². The first-order valence-corrected chi connectivity index (χ1v) is 15.4. The lowest BCUT2D eigenvalue weighted by molar-refractivity contribution is -0.168. The Kier molecular flexibility index (Phi) is 15.0. The van der Waals surface area contributed by atoms with Gasteiger partial charge in [-0.15, -0.1) is 0 Å². The number of hydrogen-bond acceptors (Lipinski definition) is 10. The van der Waals surface area contributed by atoms with E-state index in [4.69, 9.17) is 29.0 Å². The van der Waals surface area contributed by atoms with Gasteiger partial charge in [0.2, 0.25) is 5.91 Å². The molecule has 230 valence electrons. The van der Waals surface area contributed by atoms with Gasteiger partial charge in [0.25, 0.3) is 0 Å². The number of rotatable bonds is 18. The van der Waals surface area contributed by atoms with Crippen molar-refractivity contribution in [1.29, 1.82) is 0 Å². The smallest absolute Gasteiger partial charge is 0.464 e. The van der Waals surface area contributed by atoms with Crippen LogP contribution >= 0.6 is 15.6 Å². The topological polar surface area (TPSA) is 227 Å². The maximum Gasteiger partial charge on any atom is 0.469 e. The molecule has 0 bridgehead atoms. The lowest BCUT2D eigenvalue weighted by Crippen LogP contribution is -2.49. The zero-order valence-corrected chi connectivity index (χ0v) is 25.5. The monoisotopic (exact) mass is 606 g/mol. The number of ether oxygens (including phenoxy) is 2. The standard InChI is InChI=1S/C22H44N2O13P2/c1-9-22(8,37-20(27)17(23-15(4)5)11-36-39(31,32)33)12-21(6,7)13-34-19(26)16(10-35-38(28,29)30)24-18(25)14(2)3/h14-17,23H,9-13H2,1-8H3,(H,24,25)(H2,28,29,30)(H2,31,32,33). The SMILES string of the molecule is CCC(C)(CC(C)(C)COC(=O)C(COP(=O)(O)O)NC(=O)C(C)C)OC(=O)C(COP(=O)(O)O)NC(C)C. The molecule has 0 aromatic carbocycles. The van der Waals surface area contributed by atoms with E-state index in [9.17, 15) is 23.5 Å². The number of phosphoric acid groups is 2. The van der Waals surface area contributed by atoms with Crippen molar-refractivity contribution in [2.75, 3.05) is 19.8 Å². The van der Waals surface area contributed by atoms with Crippen molar-refractivity contribution in [3.05, 3.63) is 0 Å². The Labute approximate surface area is 229 Å². The third-order valence-electron chi connectivity index (χ3n) is 5.32. The number of phosphoric ester groups is 2. The first-order chi connectivity index (χ1) is 17.5. The summed E-state index contributed by atoms with van der Waals surface area (Å²) in [6.45, 7) is 11.8. The predicted molar refractivity (Wildman–Crippen MR) is 139 cm³/mol. The molecule has 3 atom stereocenters. The van der Waals surface area contributed by atoms with Crippen molar-refractivity contribution in [2.24, 2.45) is 11.3 Å². The summed E-state index contributed by atoms with van der Waals surface area (Å²) in [5, 5.41) is 5.18. The summed E-state index contributed by atoms with van der Waals surface area (Å²) in [6, 6.07) is -2.87. The van der Waals surface area contributed by atoms with Gasteiger partial charge in [0.05, 0.1) is 19.8 Å². The van der Waals surface area contributed by atoms with Crippen molar-refractivity contribution >= 4 is 33.5 Å². The fraction of sp³-hybridized carbons (Fsp3) is 0.864. The molecule has 0 saturated heterocycles. The van der Waals surface area contributed by atoms with Crippen LogP contribution in [0.3, 0.4) is 0 Å². The normalized spacial score (nSPS) is 15.9. The van der Waals surface area contributed by atoms with Gasteiger partial charge < -0.3 is 39.7 Å². The molecule has 0 heterocycles. The number of nitrogens with one attached hydrogen (secondary N) is 2. The van der Waals surface area contributed by atoms with Crippen molar-refractivity contribution in [3.63, 3.8) is 0 Å². The molecule has 6 N–H and O–H groups in total. The zero-order chi connectivity index (χ0) is 30.8. The van der Waals surface area contributed by atoms with Crippen LogP contribution in [0.25, 0.3) is 0 Å². The van der Waals surface area contributed by atoms with Crippen LogP contribution in [0.4, 0.5) is 0 Å². The minimum atomic E-state index is -4.92. The zero-order valence-electron chi connectivity index (χ0n) is 23.7. The number of carbonyl (C=O) groups is 3. The molecule has 39 heavy (non-hydrogen) atoms. The Morgan fingerprint density at radius 3 is 1.74 bits per heavy atom. The van der Waals surface area contributed by atoms with E-state index in [1.807, 2.05) is 0 Å². The quantitative estimate of drug-likeness (QED) is 0.0957. The highest BCUT2D eigenvalue weighted by Crippen LogP contribution is 2.37. The lowest BCUT2D eigenvalue weighted by Gasteiger charge is -2.37. The maximum atomic E-state index is 12.9. The summed E-state index contributed by atoms with van der Waals surface area (Å²) in [5.41, 5.74) is -1.87. The van der Waals surface area contributed by atoms with Crippen LogP contribution in [-0.2, 0) is 42.0 Å². The molecule has 17 heteroatoms. The van der Waals surface area contributed by atoms with E-state index in [2.05, 4.69) is 19.7 Å². The van der Waals surface area contributed by atoms with E-state index in [-0.39, 0.29) is 19.1 Å². The van der Waals surface area contributed by atoms with Gasteiger partial charge in [-0.1, -0.05) is 48.5 Å². The molecule has 3 unspecified atom stereocenters. The average Bonchev–Trinajstić information content (AvgIpc) is 2.75. The molecule has 0 aliphatic heterocycles. The van der Waals surface area contributed by atoms with Crippen molar-refractivity contribution in [2.45, 2.75) is 92.0 Å². The fourth-order valence-corrected chi connectivity index (χ4v) is 4.10. The van der Waals surface area contributed by atoms with Gasteiger partial charge in [-0.3, -0.25) is 18.6 Å². The van der Waals surface area contributed by atoms with Gasteiger partial charge in [0, 0.05) is 17.4 Å². The summed E-state index contributed by atoms with van der Waals surface area (Å²) in [5.74, 6) is -2.84. The molecule has 0 aliphatic carbocycles. The number of esters is 2. The number of amides is 1. The van der Waals surface area contributed by atoms with E-state index in [1.165, 1.54) is 0 Å². The Morgan fingerprint density at radius 1 is 0.846 bits per heavy atom. The molecule has 0 rings (SSSR count). The number of carbonyl (C=O) groups excluding carboxylic acids is 3. The van der Waals surface area contributed by atoms with Crippen LogP contribution < -0.4 is 10.6 Å². The van der Waals surface area contributed by atoms with E-state index in [0.29, 0.717) is 6.42 Å². The fourth-order valence-electron chi connectivity index (χ4n) is 3.41. The summed E-state index contributed by atoms with van der Waals surface area (Å²) < 4.78 is 42.1. The molecular weight excluding hydrogens is 562 g/mol. The van der Waals surface area contributed by atoms with Crippen LogP contribution in [0, 0.1) is 11.3 Å². The third kappa shape index (κ3) is 17.1. The van der Waals surface area contributed by atoms with E-state index in [1.54, 1.807) is 55.4 Å². The summed E-state index contributed by atoms with van der Waals surface area (Å²) in [4.78, 5) is 73.6. The highest BCUT2D eigenvalue weighted by Gasteiger charge is 2.38. The Morgan fingerprint density at radius 2 is 1.33 bits per heavy atom. The predicted octanol–water partition coefficient (Wildman–Crippen LogP) is 1.38. The molecule has 15 nitrogen and oxygen atoms in total. The second kappa shape index (κ2) is 15.6. The Bertz CT molecular complexity index is 916. The van der Waals surface area contributed by atoms with Gasteiger partial charge in [-0.05, 0) is 19.8 Å². The minimum Gasteiger partial charge on any atom is -0.464 e. The van der Waals surface area contributed by atoms with Gasteiger partial charge in [-0.25, -0.2) is 13.9 Å². The van der Waals surface area contributed by atoms with Crippen LogP contribution in [0.5, 0.6) is 0 Å². The number of hydrogen-bond donors (Lipinski definition) is 6. The molecule has 0 radical (unpaired) electrons. The second-order valence-electron chi connectivity index (χ2n) is 10.8.